The molecule has 0 bridgehead atoms. The van der Waals surface area contributed by atoms with E-state index in [1.54, 1.807) is 0 Å². The number of ether oxygens (including phenoxy) is 1. The van der Waals surface area contributed by atoms with Crippen LogP contribution < -0.4 is 15.8 Å². The van der Waals surface area contributed by atoms with Crippen molar-refractivity contribution < 1.29 is 9.63 Å². The minimum absolute atomic E-state index is 0.700. The molecular weight excluding hydrogens is 415 g/mol. The van der Waals surface area contributed by atoms with Gasteiger partial charge in [-0.3, -0.25) is 0 Å². The summed E-state index contributed by atoms with van der Waals surface area (Å²) in [6.45, 7) is 5.42. The summed E-state index contributed by atoms with van der Waals surface area (Å²) in [6.07, 6.45) is 15.0. The van der Waals surface area contributed by atoms with E-state index in [2.05, 4.69) is 29.6 Å². The molecular formula is C27H35N2O2P. The summed E-state index contributed by atoms with van der Waals surface area (Å²) in [6, 6.07) is 17.9. The predicted octanol–water partition coefficient (Wildman–Crippen LogP) is 6.23. The Morgan fingerprint density at radius 2 is 1.84 bits per heavy atom. The van der Waals surface area contributed by atoms with Gasteiger partial charge in [-0.25, -0.2) is 0 Å². The Kier molecular flexibility index (Phi) is 12.2. The highest BCUT2D eigenvalue weighted by molar-refractivity contribution is 7.50. The molecule has 2 aromatic rings. The second kappa shape index (κ2) is 15.2. The van der Waals surface area contributed by atoms with E-state index in [4.69, 9.17) is 10.5 Å². The Balaban J connectivity index is 2.18. The molecule has 4 N–H and O–H groups in total. The van der Waals surface area contributed by atoms with Crippen molar-refractivity contribution >= 4 is 13.8 Å². The van der Waals surface area contributed by atoms with Crippen LogP contribution in [0.4, 0.5) is 0 Å². The Labute approximate surface area is 194 Å². The first-order chi connectivity index (χ1) is 15.6. The Bertz CT molecular complexity index is 918. The van der Waals surface area contributed by atoms with Crippen LogP contribution in [-0.4, -0.2) is 30.8 Å². The molecule has 1 atom stereocenters. The van der Waals surface area contributed by atoms with Crippen molar-refractivity contribution in [3.8, 4) is 11.5 Å². The zero-order valence-corrected chi connectivity index (χ0v) is 20.0. The fourth-order valence-corrected chi connectivity index (χ4v) is 3.36. The summed E-state index contributed by atoms with van der Waals surface area (Å²) >= 11 is 0. The average molecular weight is 451 g/mol. The maximum atomic E-state index is 9.49. The third kappa shape index (κ3) is 10.1. The van der Waals surface area contributed by atoms with Gasteiger partial charge in [0.1, 0.15) is 11.5 Å². The molecule has 0 heterocycles. The number of nitrogens with two attached hydrogens (primary N) is 1. The summed E-state index contributed by atoms with van der Waals surface area (Å²) < 4.78 is 6.01. The Hall–Kier alpha value is -2.65. The van der Waals surface area contributed by atoms with Crippen LogP contribution in [0.2, 0.25) is 0 Å². The summed E-state index contributed by atoms with van der Waals surface area (Å²) in [5.74, 6) is 1.61. The van der Waals surface area contributed by atoms with Crippen LogP contribution in [-0.2, 0) is 0 Å². The predicted molar refractivity (Wildman–Crippen MR) is 139 cm³/mol. The Morgan fingerprint density at radius 3 is 2.56 bits per heavy atom. The molecule has 0 aliphatic heterocycles. The first-order valence-electron chi connectivity index (χ1n) is 11.0. The van der Waals surface area contributed by atoms with Crippen molar-refractivity contribution in [2.75, 3.05) is 25.9 Å². The van der Waals surface area contributed by atoms with Crippen molar-refractivity contribution in [2.45, 2.75) is 19.8 Å². The number of hydrogen-bond donors (Lipinski definition) is 3. The standard InChI is InChI=1S/C27H35N2O2P/c1-3-23(13-11-21-32(2)30)12-9-18-27(29-20-8-7-19-28)24-14-10-17-26(22-24)31-25-15-5-4-6-16-25/h3-6,9-18,22,29-30H,7-8,19-21,28H2,1-2H3/b12-9+,13-11-,23-3-,27-18-. The second-order valence-corrected chi connectivity index (χ2v) is 9.02. The minimum atomic E-state index is -0.903. The number of benzene rings is 2. The quantitative estimate of drug-likeness (QED) is 0.192. The summed E-state index contributed by atoms with van der Waals surface area (Å²) in [7, 11) is -0.903. The normalized spacial score (nSPS) is 13.6. The molecule has 2 aromatic carbocycles. The molecule has 0 aromatic heterocycles. The molecule has 1 unspecified atom stereocenters. The molecule has 0 saturated carbocycles. The number of unbranched alkanes of at least 4 members (excludes halogenated alkanes) is 1. The highest BCUT2D eigenvalue weighted by atomic mass is 31.1. The van der Waals surface area contributed by atoms with E-state index in [1.807, 2.05) is 80.3 Å². The first-order valence-corrected chi connectivity index (χ1v) is 12.9. The third-order valence-electron chi connectivity index (χ3n) is 4.64. The van der Waals surface area contributed by atoms with E-state index in [0.29, 0.717) is 12.7 Å². The van der Waals surface area contributed by atoms with Gasteiger partial charge in [0.05, 0.1) is 0 Å². The van der Waals surface area contributed by atoms with Gasteiger partial charge >= 0.3 is 0 Å². The fraction of sp³-hybridized carbons (Fsp3) is 0.259. The van der Waals surface area contributed by atoms with E-state index >= 15 is 0 Å². The van der Waals surface area contributed by atoms with Gasteiger partial charge in [0.15, 0.2) is 0 Å². The molecule has 0 spiro atoms. The molecule has 0 fully saturated rings. The van der Waals surface area contributed by atoms with Crippen molar-refractivity contribution in [1.29, 1.82) is 0 Å². The molecule has 170 valence electrons. The highest BCUT2D eigenvalue weighted by Crippen LogP contribution is 2.25. The zero-order chi connectivity index (χ0) is 23.0. The summed E-state index contributed by atoms with van der Waals surface area (Å²) in [4.78, 5) is 9.49. The van der Waals surface area contributed by atoms with Gasteiger partial charge < -0.3 is 20.7 Å². The van der Waals surface area contributed by atoms with Gasteiger partial charge in [-0.05, 0) is 68.9 Å². The number of allylic oxidation sites excluding steroid dienone is 7. The molecule has 32 heavy (non-hydrogen) atoms. The van der Waals surface area contributed by atoms with Gasteiger partial charge in [-0.15, -0.1) is 0 Å². The van der Waals surface area contributed by atoms with Gasteiger partial charge in [0.25, 0.3) is 0 Å². The van der Waals surface area contributed by atoms with Crippen LogP contribution in [0.25, 0.3) is 5.70 Å². The van der Waals surface area contributed by atoms with Crippen LogP contribution in [0.1, 0.15) is 25.3 Å². The van der Waals surface area contributed by atoms with Crippen LogP contribution in [0.15, 0.2) is 96.6 Å². The van der Waals surface area contributed by atoms with Crippen molar-refractivity contribution in [3.63, 3.8) is 0 Å². The highest BCUT2D eigenvalue weighted by Gasteiger charge is 2.04. The van der Waals surface area contributed by atoms with Crippen molar-refractivity contribution in [1.82, 2.24) is 5.32 Å². The van der Waals surface area contributed by atoms with E-state index in [1.165, 1.54) is 0 Å². The molecule has 0 amide bonds. The van der Waals surface area contributed by atoms with Gasteiger partial charge in [0.2, 0.25) is 0 Å². The molecule has 2 rings (SSSR count). The van der Waals surface area contributed by atoms with E-state index < -0.39 is 8.15 Å². The lowest BCUT2D eigenvalue weighted by atomic mass is 10.1. The van der Waals surface area contributed by atoms with E-state index in [-0.39, 0.29) is 0 Å². The van der Waals surface area contributed by atoms with Gasteiger partial charge in [0, 0.05) is 32.1 Å². The number of rotatable bonds is 13. The minimum Gasteiger partial charge on any atom is -0.457 e. The lowest BCUT2D eigenvalue weighted by Gasteiger charge is -2.13. The van der Waals surface area contributed by atoms with Crippen molar-refractivity contribution in [3.05, 3.63) is 102 Å². The van der Waals surface area contributed by atoms with Crippen LogP contribution >= 0.6 is 8.15 Å². The van der Waals surface area contributed by atoms with Gasteiger partial charge in [-0.1, -0.05) is 60.7 Å². The number of nitrogens with one attached hydrogen (secondary N) is 1. The SMILES string of the molecule is C/C=C(\C=C/CP(C)O)/C=C/C=C(\NCCCCN)c1cccc(Oc2ccccc2)c1. The molecule has 0 saturated heterocycles. The fourth-order valence-electron chi connectivity index (χ4n) is 2.95. The summed E-state index contributed by atoms with van der Waals surface area (Å²) in [5.41, 5.74) is 8.83. The maximum Gasteiger partial charge on any atom is 0.128 e. The van der Waals surface area contributed by atoms with Crippen LogP contribution in [0, 0.1) is 0 Å². The average Bonchev–Trinajstić information content (AvgIpc) is 2.80. The van der Waals surface area contributed by atoms with Crippen LogP contribution in [0.5, 0.6) is 11.5 Å². The monoisotopic (exact) mass is 450 g/mol. The molecule has 0 aliphatic rings. The lowest BCUT2D eigenvalue weighted by molar-refractivity contribution is 0.482. The zero-order valence-electron chi connectivity index (χ0n) is 19.1. The topological polar surface area (TPSA) is 67.5 Å². The molecule has 5 heteroatoms. The second-order valence-electron chi connectivity index (χ2n) is 7.34. The number of para-hydroxylation sites is 1. The molecule has 0 aliphatic carbocycles. The van der Waals surface area contributed by atoms with Gasteiger partial charge in [-0.2, -0.15) is 0 Å². The van der Waals surface area contributed by atoms with E-state index in [0.717, 1.165) is 47.7 Å². The largest absolute Gasteiger partial charge is 0.457 e. The van der Waals surface area contributed by atoms with Crippen LogP contribution in [0.3, 0.4) is 0 Å². The Morgan fingerprint density at radius 1 is 1.06 bits per heavy atom. The molecule has 0 radical (unpaired) electrons. The molecule has 4 nitrogen and oxygen atoms in total. The lowest BCUT2D eigenvalue weighted by Crippen LogP contribution is -2.15. The maximum absolute atomic E-state index is 9.49. The third-order valence-corrected chi connectivity index (χ3v) is 5.37. The smallest absolute Gasteiger partial charge is 0.128 e. The first kappa shape index (κ1) is 25.6. The number of hydrogen-bond acceptors (Lipinski definition) is 4. The van der Waals surface area contributed by atoms with Crippen molar-refractivity contribution in [2.24, 2.45) is 5.73 Å². The summed E-state index contributed by atoms with van der Waals surface area (Å²) in [5, 5.41) is 3.54. The van der Waals surface area contributed by atoms with E-state index in [9.17, 15) is 4.89 Å².